The maximum Gasteiger partial charge on any atom is 0.266 e. The van der Waals surface area contributed by atoms with E-state index in [0.29, 0.717) is 0 Å². The zero-order valence-electron chi connectivity index (χ0n) is 5.00. The van der Waals surface area contributed by atoms with Gasteiger partial charge in [-0.1, -0.05) is 11.5 Å². The highest BCUT2D eigenvalue weighted by Gasteiger charge is 1.97. The molecule has 0 aliphatic carbocycles. The van der Waals surface area contributed by atoms with E-state index in [-0.39, 0.29) is 5.56 Å². The fraction of sp³-hybridized carbons (Fsp3) is 0. The fourth-order valence-electron chi connectivity index (χ4n) is 0.805. The average molecular weight is 152 g/mol. The maximum atomic E-state index is 10.9. The molecule has 0 bridgehead atoms. The molecule has 0 aromatic carbocycles. The molecule has 1 N–H and O–H groups in total. The van der Waals surface area contributed by atoms with Gasteiger partial charge in [0.2, 0.25) is 0 Å². The van der Waals surface area contributed by atoms with Crippen molar-refractivity contribution in [1.82, 2.24) is 9.36 Å². The van der Waals surface area contributed by atoms with Crippen LogP contribution in [-0.4, -0.2) is 9.36 Å². The lowest BCUT2D eigenvalue weighted by molar-refractivity contribution is 1.37. The van der Waals surface area contributed by atoms with Crippen molar-refractivity contribution in [2.75, 3.05) is 0 Å². The molecule has 0 unspecified atom stereocenters. The lowest BCUT2D eigenvalue weighted by Gasteiger charge is -1.79. The van der Waals surface area contributed by atoms with Crippen LogP contribution in [-0.2, 0) is 0 Å². The van der Waals surface area contributed by atoms with E-state index in [0.717, 1.165) is 10.1 Å². The predicted octanol–water partition coefficient (Wildman–Crippen LogP) is 0.985. The summed E-state index contributed by atoms with van der Waals surface area (Å²) in [6, 6.07) is 1.71. The van der Waals surface area contributed by atoms with Crippen molar-refractivity contribution in [3.05, 3.63) is 28.8 Å². The van der Waals surface area contributed by atoms with Crippen LogP contribution >= 0.6 is 11.5 Å². The van der Waals surface area contributed by atoms with Gasteiger partial charge in [-0.15, -0.1) is 0 Å². The first kappa shape index (κ1) is 5.61. The number of fused-ring (bicyclic) bond motifs is 1. The van der Waals surface area contributed by atoms with Crippen molar-refractivity contribution in [3.63, 3.8) is 0 Å². The maximum absolute atomic E-state index is 10.9. The largest absolute Gasteiger partial charge is 0.277 e. The smallest absolute Gasteiger partial charge is 0.266 e. The number of H-pyrrole nitrogens is 1. The molecule has 2 aromatic heterocycles. The SMILES string of the molecule is O=c1[nH]sc2cnccc12. The molecule has 0 amide bonds. The second-order valence-corrected chi connectivity index (χ2v) is 2.75. The van der Waals surface area contributed by atoms with Gasteiger partial charge in [-0.25, -0.2) is 0 Å². The molecular formula is C6H4N2OS. The van der Waals surface area contributed by atoms with Crippen molar-refractivity contribution in [1.29, 1.82) is 0 Å². The first-order valence-electron chi connectivity index (χ1n) is 2.79. The highest BCUT2D eigenvalue weighted by molar-refractivity contribution is 7.13. The van der Waals surface area contributed by atoms with Crippen molar-refractivity contribution in [2.45, 2.75) is 0 Å². The summed E-state index contributed by atoms with van der Waals surface area (Å²) in [6.45, 7) is 0. The molecule has 0 saturated heterocycles. The first-order valence-corrected chi connectivity index (χ1v) is 3.61. The predicted molar refractivity (Wildman–Crippen MR) is 40.2 cm³/mol. The number of hydrogen-bond acceptors (Lipinski definition) is 3. The van der Waals surface area contributed by atoms with Gasteiger partial charge in [0.05, 0.1) is 10.1 Å². The Balaban J connectivity index is 3.07. The summed E-state index contributed by atoms with van der Waals surface area (Å²) < 4.78 is 3.53. The third kappa shape index (κ3) is 0.657. The van der Waals surface area contributed by atoms with E-state index in [9.17, 15) is 4.79 Å². The summed E-state index contributed by atoms with van der Waals surface area (Å²) in [6.07, 6.45) is 3.29. The zero-order valence-corrected chi connectivity index (χ0v) is 5.81. The summed E-state index contributed by atoms with van der Waals surface area (Å²) >= 11 is 1.31. The van der Waals surface area contributed by atoms with Crippen molar-refractivity contribution >= 4 is 21.6 Å². The molecule has 2 aromatic rings. The number of hydrogen-bond donors (Lipinski definition) is 1. The monoisotopic (exact) mass is 152 g/mol. The molecular weight excluding hydrogens is 148 g/mol. The quantitative estimate of drug-likeness (QED) is 0.611. The minimum absolute atomic E-state index is 0.0256. The van der Waals surface area contributed by atoms with Crippen LogP contribution in [0.4, 0.5) is 0 Å². The molecule has 0 atom stereocenters. The van der Waals surface area contributed by atoms with Gasteiger partial charge in [0.15, 0.2) is 0 Å². The minimum Gasteiger partial charge on any atom is -0.277 e. The Labute approximate surface area is 60.5 Å². The van der Waals surface area contributed by atoms with Gasteiger partial charge in [-0.2, -0.15) is 0 Å². The molecule has 2 heterocycles. The molecule has 3 nitrogen and oxygen atoms in total. The number of rotatable bonds is 0. The Hall–Kier alpha value is -1.16. The average Bonchev–Trinajstić information content (AvgIpc) is 2.34. The summed E-state index contributed by atoms with van der Waals surface area (Å²) in [5.41, 5.74) is -0.0256. The Morgan fingerprint density at radius 2 is 2.50 bits per heavy atom. The second-order valence-electron chi connectivity index (χ2n) is 1.91. The molecule has 4 heteroatoms. The summed E-state index contributed by atoms with van der Waals surface area (Å²) in [7, 11) is 0. The standard InChI is InChI=1S/C6H4N2OS/c9-6-4-1-2-7-3-5(4)10-8-6/h1-3H,(H,8,9). The summed E-state index contributed by atoms with van der Waals surface area (Å²) in [5.74, 6) is 0. The van der Waals surface area contributed by atoms with E-state index in [1.54, 1.807) is 18.5 Å². The Bertz CT molecular complexity index is 403. The molecule has 0 aliphatic rings. The molecule has 0 radical (unpaired) electrons. The normalized spacial score (nSPS) is 10.4. The summed E-state index contributed by atoms with van der Waals surface area (Å²) in [4.78, 5) is 14.8. The van der Waals surface area contributed by atoms with Crippen LogP contribution in [0.25, 0.3) is 10.1 Å². The van der Waals surface area contributed by atoms with Crippen molar-refractivity contribution in [2.24, 2.45) is 0 Å². The Morgan fingerprint density at radius 3 is 3.30 bits per heavy atom. The number of aromatic amines is 1. The van der Waals surface area contributed by atoms with Crippen LogP contribution < -0.4 is 5.56 Å². The number of pyridine rings is 1. The zero-order chi connectivity index (χ0) is 6.97. The fourth-order valence-corrected chi connectivity index (χ4v) is 1.50. The lowest BCUT2D eigenvalue weighted by Crippen LogP contribution is -1.95. The molecule has 0 spiro atoms. The molecule has 10 heavy (non-hydrogen) atoms. The van der Waals surface area contributed by atoms with Crippen LogP contribution in [0.5, 0.6) is 0 Å². The first-order chi connectivity index (χ1) is 4.88. The van der Waals surface area contributed by atoms with Gasteiger partial charge in [-0.3, -0.25) is 14.2 Å². The minimum atomic E-state index is -0.0256. The van der Waals surface area contributed by atoms with Crippen LogP contribution in [0.2, 0.25) is 0 Å². The highest BCUT2D eigenvalue weighted by Crippen LogP contribution is 2.09. The van der Waals surface area contributed by atoms with Crippen LogP contribution in [0.3, 0.4) is 0 Å². The van der Waals surface area contributed by atoms with E-state index in [4.69, 9.17) is 0 Å². The van der Waals surface area contributed by atoms with Gasteiger partial charge in [-0.05, 0) is 6.07 Å². The van der Waals surface area contributed by atoms with Gasteiger partial charge in [0, 0.05) is 12.4 Å². The number of aromatic nitrogens is 2. The van der Waals surface area contributed by atoms with E-state index >= 15 is 0 Å². The van der Waals surface area contributed by atoms with E-state index in [1.807, 2.05) is 0 Å². The molecule has 0 fully saturated rings. The Morgan fingerprint density at radius 1 is 1.60 bits per heavy atom. The third-order valence-corrected chi connectivity index (χ3v) is 2.12. The lowest BCUT2D eigenvalue weighted by atomic mass is 10.4. The molecule has 0 aliphatic heterocycles. The van der Waals surface area contributed by atoms with Crippen LogP contribution in [0.1, 0.15) is 0 Å². The second kappa shape index (κ2) is 1.91. The summed E-state index contributed by atoms with van der Waals surface area (Å²) in [5, 5.41) is 0.722. The molecule has 0 saturated carbocycles. The Kier molecular flexibility index (Phi) is 1.07. The van der Waals surface area contributed by atoms with Gasteiger partial charge >= 0.3 is 0 Å². The van der Waals surface area contributed by atoms with Crippen molar-refractivity contribution in [3.8, 4) is 0 Å². The topological polar surface area (TPSA) is 45.8 Å². The van der Waals surface area contributed by atoms with E-state index in [2.05, 4.69) is 9.36 Å². The van der Waals surface area contributed by atoms with E-state index in [1.165, 1.54) is 11.5 Å². The highest BCUT2D eigenvalue weighted by atomic mass is 32.1. The van der Waals surface area contributed by atoms with Gasteiger partial charge < -0.3 is 0 Å². The number of nitrogens with one attached hydrogen (secondary N) is 1. The molecule has 50 valence electrons. The van der Waals surface area contributed by atoms with Crippen molar-refractivity contribution < 1.29 is 0 Å². The van der Waals surface area contributed by atoms with Gasteiger partial charge in [0.1, 0.15) is 0 Å². The molecule has 2 rings (SSSR count). The van der Waals surface area contributed by atoms with Crippen LogP contribution in [0, 0.1) is 0 Å². The number of nitrogens with zero attached hydrogens (tertiary/aromatic N) is 1. The van der Waals surface area contributed by atoms with Gasteiger partial charge in [0.25, 0.3) is 5.56 Å². The third-order valence-electron chi connectivity index (χ3n) is 1.28. The van der Waals surface area contributed by atoms with E-state index < -0.39 is 0 Å². The van der Waals surface area contributed by atoms with Crippen LogP contribution in [0.15, 0.2) is 23.3 Å².